The molecule has 1 rings (SSSR count). The minimum absolute atomic E-state index is 0.0324. The number of hydrogen-bond acceptors (Lipinski definition) is 2. The van der Waals surface area contributed by atoms with Crippen molar-refractivity contribution in [2.24, 2.45) is 0 Å². The monoisotopic (exact) mass is 232 g/mol. The third-order valence-electron chi connectivity index (χ3n) is 2.39. The largest absolute Gasteiger partial charge is 0.495 e. The van der Waals surface area contributed by atoms with Crippen LogP contribution in [0, 0.1) is 5.82 Å². The second-order valence-electron chi connectivity index (χ2n) is 4.02. The van der Waals surface area contributed by atoms with Gasteiger partial charge >= 0.3 is 0 Å². The van der Waals surface area contributed by atoms with Crippen LogP contribution in [0.15, 0.2) is 12.1 Å². The molecule has 1 aromatic carbocycles. The molecule has 4 heteroatoms. The summed E-state index contributed by atoms with van der Waals surface area (Å²) in [6, 6.07) is 2.96. The summed E-state index contributed by atoms with van der Waals surface area (Å²) in [7, 11) is 1.43. The van der Waals surface area contributed by atoms with E-state index in [-0.39, 0.29) is 17.4 Å². The molecule has 0 saturated heterocycles. The predicted molar refractivity (Wildman–Crippen MR) is 58.1 cm³/mol. The van der Waals surface area contributed by atoms with Crippen LogP contribution in [0.4, 0.5) is 4.39 Å². The fourth-order valence-electron chi connectivity index (χ4n) is 1.19. The lowest BCUT2D eigenvalue weighted by atomic mass is 9.85. The Labute approximate surface area is 93.6 Å². The maximum absolute atomic E-state index is 13.4. The van der Waals surface area contributed by atoms with Crippen LogP contribution in [0.5, 0.6) is 5.75 Å². The number of hydrogen-bond donors (Lipinski definition) is 1. The minimum Gasteiger partial charge on any atom is -0.495 e. The van der Waals surface area contributed by atoms with E-state index in [1.807, 2.05) is 13.8 Å². The lowest BCUT2D eigenvalue weighted by molar-refractivity contribution is 0.218. The van der Waals surface area contributed by atoms with Crippen molar-refractivity contribution >= 4 is 11.6 Å². The second kappa shape index (κ2) is 4.37. The second-order valence-corrected chi connectivity index (χ2v) is 4.39. The van der Waals surface area contributed by atoms with E-state index in [1.165, 1.54) is 13.2 Å². The Morgan fingerprint density at radius 3 is 2.53 bits per heavy atom. The quantitative estimate of drug-likeness (QED) is 0.869. The fourth-order valence-corrected chi connectivity index (χ4v) is 1.38. The molecule has 15 heavy (non-hydrogen) atoms. The molecular weight excluding hydrogens is 219 g/mol. The van der Waals surface area contributed by atoms with E-state index in [4.69, 9.17) is 16.3 Å². The van der Waals surface area contributed by atoms with Gasteiger partial charge in [0.25, 0.3) is 0 Å². The van der Waals surface area contributed by atoms with Gasteiger partial charge in [-0.15, -0.1) is 0 Å². The maximum atomic E-state index is 13.4. The van der Waals surface area contributed by atoms with Crippen LogP contribution in [0.3, 0.4) is 0 Å². The van der Waals surface area contributed by atoms with Crippen molar-refractivity contribution in [3.8, 4) is 5.75 Å². The lowest BCUT2D eigenvalue weighted by Crippen LogP contribution is -2.22. The fraction of sp³-hybridized carbons (Fsp3) is 0.455. The van der Waals surface area contributed by atoms with Crippen molar-refractivity contribution < 1.29 is 14.2 Å². The zero-order chi connectivity index (χ0) is 11.6. The molecule has 0 spiro atoms. The van der Waals surface area contributed by atoms with E-state index in [0.717, 1.165) is 0 Å². The topological polar surface area (TPSA) is 29.5 Å². The first-order chi connectivity index (χ1) is 6.92. The molecule has 0 saturated carbocycles. The van der Waals surface area contributed by atoms with Crippen molar-refractivity contribution in [2.45, 2.75) is 19.3 Å². The van der Waals surface area contributed by atoms with Gasteiger partial charge in [-0.3, -0.25) is 0 Å². The molecule has 0 aliphatic carbocycles. The number of methoxy groups -OCH3 is 1. The summed E-state index contributed by atoms with van der Waals surface area (Å²) in [5, 5.41) is 9.14. The van der Waals surface area contributed by atoms with Crippen molar-refractivity contribution in [2.75, 3.05) is 13.7 Å². The highest BCUT2D eigenvalue weighted by molar-refractivity contribution is 6.32. The number of benzene rings is 1. The van der Waals surface area contributed by atoms with Gasteiger partial charge < -0.3 is 9.84 Å². The molecule has 0 amide bonds. The summed E-state index contributed by atoms with van der Waals surface area (Å²) in [5.41, 5.74) is 0.141. The third kappa shape index (κ3) is 2.41. The van der Waals surface area contributed by atoms with E-state index in [2.05, 4.69) is 0 Å². The number of aliphatic hydroxyl groups excluding tert-OH is 1. The highest BCUT2D eigenvalue weighted by atomic mass is 35.5. The summed E-state index contributed by atoms with van der Waals surface area (Å²) in [4.78, 5) is 0. The summed E-state index contributed by atoms with van der Waals surface area (Å²) in [6.07, 6.45) is 0. The van der Waals surface area contributed by atoms with Gasteiger partial charge in [-0.05, 0) is 17.7 Å². The molecule has 2 nitrogen and oxygen atoms in total. The van der Waals surface area contributed by atoms with Crippen LogP contribution in [0.1, 0.15) is 19.4 Å². The van der Waals surface area contributed by atoms with Gasteiger partial charge in [-0.2, -0.15) is 0 Å². The van der Waals surface area contributed by atoms with E-state index < -0.39 is 11.2 Å². The lowest BCUT2D eigenvalue weighted by Gasteiger charge is -2.23. The zero-order valence-corrected chi connectivity index (χ0v) is 9.73. The smallest absolute Gasteiger partial charge is 0.145 e. The Balaban J connectivity index is 3.28. The molecule has 84 valence electrons. The van der Waals surface area contributed by atoms with E-state index in [0.29, 0.717) is 5.56 Å². The van der Waals surface area contributed by atoms with Crippen LogP contribution < -0.4 is 4.74 Å². The number of aliphatic hydroxyl groups is 1. The molecule has 0 fully saturated rings. The van der Waals surface area contributed by atoms with E-state index in [9.17, 15) is 9.50 Å². The zero-order valence-electron chi connectivity index (χ0n) is 8.97. The van der Waals surface area contributed by atoms with Gasteiger partial charge in [-0.25, -0.2) is 4.39 Å². The molecule has 0 bridgehead atoms. The van der Waals surface area contributed by atoms with Crippen LogP contribution in [-0.2, 0) is 5.41 Å². The Morgan fingerprint density at radius 1 is 1.47 bits per heavy atom. The summed E-state index contributed by atoms with van der Waals surface area (Å²) >= 11 is 5.70. The standard InChI is InChI=1S/C11H14ClFO2/c1-11(2,6-14)7-4-8(13)10(12)9(5-7)15-3/h4-5,14H,6H2,1-3H3. The van der Waals surface area contributed by atoms with Crippen molar-refractivity contribution in [3.63, 3.8) is 0 Å². The molecule has 0 unspecified atom stereocenters. The number of ether oxygens (including phenoxy) is 1. The predicted octanol–water partition coefficient (Wildman–Crippen LogP) is 2.76. The van der Waals surface area contributed by atoms with E-state index >= 15 is 0 Å². The highest BCUT2D eigenvalue weighted by Crippen LogP contribution is 2.33. The Hall–Kier alpha value is -0.800. The summed E-state index contributed by atoms with van der Waals surface area (Å²) < 4.78 is 18.4. The SMILES string of the molecule is COc1cc(C(C)(C)CO)cc(F)c1Cl. The van der Waals surface area contributed by atoms with Gasteiger partial charge in [0.15, 0.2) is 0 Å². The van der Waals surface area contributed by atoms with Crippen molar-refractivity contribution in [1.82, 2.24) is 0 Å². The van der Waals surface area contributed by atoms with Crippen molar-refractivity contribution in [3.05, 3.63) is 28.5 Å². The Bertz CT molecular complexity index is 364. The van der Waals surface area contributed by atoms with Gasteiger partial charge in [0.2, 0.25) is 0 Å². The van der Waals surface area contributed by atoms with Gasteiger partial charge in [0.05, 0.1) is 13.7 Å². The van der Waals surface area contributed by atoms with Crippen LogP contribution >= 0.6 is 11.6 Å². The third-order valence-corrected chi connectivity index (χ3v) is 2.76. The Kier molecular flexibility index (Phi) is 3.58. The summed E-state index contributed by atoms with van der Waals surface area (Å²) in [6.45, 7) is 3.56. The average Bonchev–Trinajstić information content (AvgIpc) is 2.21. The molecule has 0 atom stereocenters. The number of rotatable bonds is 3. The molecule has 0 heterocycles. The first-order valence-electron chi connectivity index (χ1n) is 4.56. The van der Waals surface area contributed by atoms with Crippen LogP contribution in [-0.4, -0.2) is 18.8 Å². The summed E-state index contributed by atoms with van der Waals surface area (Å²) in [5.74, 6) is -0.249. The minimum atomic E-state index is -0.535. The highest BCUT2D eigenvalue weighted by Gasteiger charge is 2.22. The first-order valence-corrected chi connectivity index (χ1v) is 4.94. The Morgan fingerprint density at radius 2 is 2.07 bits per heavy atom. The van der Waals surface area contributed by atoms with Crippen molar-refractivity contribution in [1.29, 1.82) is 0 Å². The van der Waals surface area contributed by atoms with Gasteiger partial charge in [0, 0.05) is 5.41 Å². The molecule has 0 aliphatic heterocycles. The molecular formula is C11H14ClFO2. The molecule has 0 aliphatic rings. The molecule has 0 aromatic heterocycles. The van der Waals surface area contributed by atoms with Gasteiger partial charge in [-0.1, -0.05) is 25.4 Å². The van der Waals surface area contributed by atoms with Crippen LogP contribution in [0.2, 0.25) is 5.02 Å². The number of halogens is 2. The van der Waals surface area contributed by atoms with Gasteiger partial charge in [0.1, 0.15) is 16.6 Å². The van der Waals surface area contributed by atoms with E-state index in [1.54, 1.807) is 6.07 Å². The first kappa shape index (κ1) is 12.3. The normalized spacial score (nSPS) is 11.6. The van der Waals surface area contributed by atoms with Crippen LogP contribution in [0.25, 0.3) is 0 Å². The molecule has 1 N–H and O–H groups in total. The average molecular weight is 233 g/mol. The molecule has 1 aromatic rings. The maximum Gasteiger partial charge on any atom is 0.145 e. The molecule has 0 radical (unpaired) electrons.